The van der Waals surface area contributed by atoms with Gasteiger partial charge in [-0.15, -0.1) is 11.3 Å². The molecule has 0 bridgehead atoms. The van der Waals surface area contributed by atoms with Gasteiger partial charge in [-0.25, -0.2) is 4.98 Å². The zero-order valence-electron chi connectivity index (χ0n) is 8.70. The van der Waals surface area contributed by atoms with E-state index in [-0.39, 0.29) is 12.3 Å². The molecular formula is C10H15NO2S. The highest BCUT2D eigenvalue weighted by Crippen LogP contribution is 2.28. The molecule has 0 aromatic carbocycles. The third-order valence-electron chi connectivity index (χ3n) is 2.11. The molecule has 0 radical (unpaired) electrons. The molecule has 0 aliphatic rings. The number of hydrogen-bond donors (Lipinski definition) is 1. The van der Waals surface area contributed by atoms with Crippen LogP contribution in [0.4, 0.5) is 0 Å². The van der Waals surface area contributed by atoms with Crippen molar-refractivity contribution in [2.45, 2.75) is 39.5 Å². The molecule has 3 nitrogen and oxygen atoms in total. The standard InChI is InChI=1S/C10H15NO2S/c1-4-8-11-7(3)10(14-8)6(2)5-9(12)13/h6H,4-5H2,1-3H3,(H,12,13). The Labute approximate surface area is 87.8 Å². The van der Waals surface area contributed by atoms with Crippen LogP contribution in [0.15, 0.2) is 0 Å². The Hall–Kier alpha value is -0.900. The Balaban J connectivity index is 2.83. The van der Waals surface area contributed by atoms with E-state index in [4.69, 9.17) is 5.11 Å². The summed E-state index contributed by atoms with van der Waals surface area (Å²) in [4.78, 5) is 16.1. The Morgan fingerprint density at radius 1 is 1.64 bits per heavy atom. The van der Waals surface area contributed by atoms with Crippen molar-refractivity contribution in [2.75, 3.05) is 0 Å². The monoisotopic (exact) mass is 213 g/mol. The third kappa shape index (κ3) is 2.54. The number of aromatic nitrogens is 1. The molecule has 1 atom stereocenters. The average molecular weight is 213 g/mol. The van der Waals surface area contributed by atoms with Crippen molar-refractivity contribution in [1.29, 1.82) is 0 Å². The molecule has 0 amide bonds. The van der Waals surface area contributed by atoms with Gasteiger partial charge in [0.1, 0.15) is 0 Å². The molecule has 1 heterocycles. The van der Waals surface area contributed by atoms with Crippen molar-refractivity contribution in [1.82, 2.24) is 4.98 Å². The van der Waals surface area contributed by atoms with Gasteiger partial charge in [0.2, 0.25) is 0 Å². The van der Waals surface area contributed by atoms with E-state index in [1.165, 1.54) is 0 Å². The number of carboxylic acids is 1. The van der Waals surface area contributed by atoms with Crippen LogP contribution in [0.5, 0.6) is 0 Å². The smallest absolute Gasteiger partial charge is 0.303 e. The van der Waals surface area contributed by atoms with Crippen LogP contribution >= 0.6 is 11.3 Å². The quantitative estimate of drug-likeness (QED) is 0.836. The van der Waals surface area contributed by atoms with Gasteiger partial charge >= 0.3 is 5.97 Å². The highest BCUT2D eigenvalue weighted by Gasteiger charge is 2.16. The van der Waals surface area contributed by atoms with E-state index in [2.05, 4.69) is 11.9 Å². The second kappa shape index (κ2) is 4.55. The number of aliphatic carboxylic acids is 1. The zero-order valence-corrected chi connectivity index (χ0v) is 9.52. The van der Waals surface area contributed by atoms with Crippen LogP contribution in [-0.4, -0.2) is 16.1 Å². The molecule has 78 valence electrons. The molecule has 1 unspecified atom stereocenters. The normalized spacial score (nSPS) is 12.8. The van der Waals surface area contributed by atoms with E-state index in [1.807, 2.05) is 13.8 Å². The van der Waals surface area contributed by atoms with E-state index < -0.39 is 5.97 Å². The average Bonchev–Trinajstić information content (AvgIpc) is 2.45. The number of aryl methyl sites for hydroxylation is 2. The first-order chi connectivity index (χ1) is 6.54. The first kappa shape index (κ1) is 11.2. The van der Waals surface area contributed by atoms with E-state index in [9.17, 15) is 4.79 Å². The van der Waals surface area contributed by atoms with Gasteiger partial charge in [0.05, 0.1) is 17.1 Å². The van der Waals surface area contributed by atoms with Crippen LogP contribution < -0.4 is 0 Å². The number of carboxylic acid groups (broad SMARTS) is 1. The summed E-state index contributed by atoms with van der Waals surface area (Å²) in [5.41, 5.74) is 0.987. The fourth-order valence-corrected chi connectivity index (χ4v) is 2.49. The highest BCUT2D eigenvalue weighted by atomic mass is 32.1. The molecule has 14 heavy (non-hydrogen) atoms. The van der Waals surface area contributed by atoms with E-state index >= 15 is 0 Å². The van der Waals surface area contributed by atoms with Crippen molar-refractivity contribution in [3.8, 4) is 0 Å². The largest absolute Gasteiger partial charge is 0.481 e. The summed E-state index contributed by atoms with van der Waals surface area (Å²) in [6, 6.07) is 0. The number of thiazole rings is 1. The second-order valence-corrected chi connectivity index (χ2v) is 4.52. The molecule has 1 N–H and O–H groups in total. The lowest BCUT2D eigenvalue weighted by Gasteiger charge is -2.05. The van der Waals surface area contributed by atoms with E-state index in [0.29, 0.717) is 0 Å². The van der Waals surface area contributed by atoms with E-state index in [0.717, 1.165) is 22.0 Å². The summed E-state index contributed by atoms with van der Waals surface area (Å²) in [6.07, 6.45) is 1.11. The number of hydrogen-bond acceptors (Lipinski definition) is 3. The van der Waals surface area contributed by atoms with Crippen molar-refractivity contribution in [2.24, 2.45) is 0 Å². The lowest BCUT2D eigenvalue weighted by atomic mass is 10.1. The number of nitrogens with zero attached hydrogens (tertiary/aromatic N) is 1. The summed E-state index contributed by atoms with van der Waals surface area (Å²) in [7, 11) is 0. The van der Waals surface area contributed by atoms with Gasteiger partial charge in [-0.3, -0.25) is 4.79 Å². The molecule has 0 aliphatic heterocycles. The minimum Gasteiger partial charge on any atom is -0.481 e. The molecule has 1 aromatic rings. The minimum atomic E-state index is -0.747. The fourth-order valence-electron chi connectivity index (χ4n) is 1.43. The Morgan fingerprint density at radius 3 is 2.71 bits per heavy atom. The maximum Gasteiger partial charge on any atom is 0.303 e. The van der Waals surface area contributed by atoms with Crippen LogP contribution in [-0.2, 0) is 11.2 Å². The van der Waals surface area contributed by atoms with Crippen molar-refractivity contribution in [3.05, 3.63) is 15.6 Å². The van der Waals surface area contributed by atoms with Gasteiger partial charge in [-0.2, -0.15) is 0 Å². The first-order valence-electron chi connectivity index (χ1n) is 4.72. The predicted molar refractivity (Wildman–Crippen MR) is 56.9 cm³/mol. The molecule has 0 spiro atoms. The maximum atomic E-state index is 10.6. The van der Waals surface area contributed by atoms with Crippen LogP contribution in [0.1, 0.15) is 41.8 Å². The van der Waals surface area contributed by atoms with Crippen molar-refractivity contribution < 1.29 is 9.90 Å². The van der Waals surface area contributed by atoms with Crippen molar-refractivity contribution >= 4 is 17.3 Å². The van der Waals surface area contributed by atoms with Crippen LogP contribution in [0, 0.1) is 6.92 Å². The summed E-state index contributed by atoms with van der Waals surface area (Å²) >= 11 is 1.64. The Morgan fingerprint density at radius 2 is 2.29 bits per heavy atom. The SMILES string of the molecule is CCc1nc(C)c(C(C)CC(=O)O)s1. The number of carbonyl (C=O) groups is 1. The molecule has 1 rings (SSSR count). The van der Waals surface area contributed by atoms with Gasteiger partial charge in [-0.1, -0.05) is 13.8 Å². The summed E-state index contributed by atoms with van der Waals surface area (Å²) in [6.45, 7) is 5.95. The van der Waals surface area contributed by atoms with E-state index in [1.54, 1.807) is 11.3 Å². The molecule has 0 fully saturated rings. The first-order valence-corrected chi connectivity index (χ1v) is 5.54. The summed E-state index contributed by atoms with van der Waals surface area (Å²) in [5.74, 6) is -0.673. The third-order valence-corrected chi connectivity index (χ3v) is 3.64. The van der Waals surface area contributed by atoms with Crippen LogP contribution in [0.2, 0.25) is 0 Å². The molecule has 0 aliphatic carbocycles. The predicted octanol–water partition coefficient (Wildman–Crippen LogP) is 2.59. The van der Waals surface area contributed by atoms with Gasteiger partial charge in [0, 0.05) is 10.8 Å². The lowest BCUT2D eigenvalue weighted by molar-refractivity contribution is -0.137. The molecule has 4 heteroatoms. The topological polar surface area (TPSA) is 50.2 Å². The van der Waals surface area contributed by atoms with Crippen molar-refractivity contribution in [3.63, 3.8) is 0 Å². The highest BCUT2D eigenvalue weighted by molar-refractivity contribution is 7.11. The fraction of sp³-hybridized carbons (Fsp3) is 0.600. The molecular weight excluding hydrogens is 198 g/mol. The second-order valence-electron chi connectivity index (χ2n) is 3.41. The Kier molecular flexibility index (Phi) is 3.63. The summed E-state index contributed by atoms with van der Waals surface area (Å²) < 4.78 is 0. The van der Waals surface area contributed by atoms with Gasteiger partial charge in [-0.05, 0) is 13.3 Å². The molecule has 1 aromatic heterocycles. The lowest BCUT2D eigenvalue weighted by Crippen LogP contribution is -2.02. The van der Waals surface area contributed by atoms with Gasteiger partial charge in [0.25, 0.3) is 0 Å². The summed E-state index contributed by atoms with van der Waals surface area (Å²) in [5, 5.41) is 9.78. The number of rotatable bonds is 4. The zero-order chi connectivity index (χ0) is 10.7. The van der Waals surface area contributed by atoms with Gasteiger partial charge < -0.3 is 5.11 Å². The Bertz CT molecular complexity index is 333. The van der Waals surface area contributed by atoms with Crippen LogP contribution in [0.3, 0.4) is 0 Å². The minimum absolute atomic E-state index is 0.0744. The molecule has 0 saturated heterocycles. The molecule has 0 saturated carbocycles. The van der Waals surface area contributed by atoms with Gasteiger partial charge in [0.15, 0.2) is 0 Å². The van der Waals surface area contributed by atoms with Crippen LogP contribution in [0.25, 0.3) is 0 Å². The maximum absolute atomic E-state index is 10.6.